The molecule has 0 atom stereocenters. The number of sulfonamides is 1. The van der Waals surface area contributed by atoms with Crippen molar-refractivity contribution in [2.24, 2.45) is 0 Å². The first-order valence-corrected chi connectivity index (χ1v) is 10.5. The number of carbonyl (C=O) groups excluding carboxylic acids is 1. The summed E-state index contributed by atoms with van der Waals surface area (Å²) in [6.45, 7) is 1.60. The number of hydrogen-bond donors (Lipinski definition) is 1. The highest BCUT2D eigenvalue weighted by atomic mass is 32.2. The van der Waals surface area contributed by atoms with Gasteiger partial charge in [-0.2, -0.15) is 9.29 Å². The summed E-state index contributed by atoms with van der Waals surface area (Å²) in [5, 5.41) is 6.49. The molecule has 3 aromatic rings. The quantitative estimate of drug-likeness (QED) is 0.581. The molecule has 1 heterocycles. The molecule has 0 radical (unpaired) electrons. The number of amides is 1. The van der Waals surface area contributed by atoms with Gasteiger partial charge in [0, 0.05) is 12.6 Å². The number of hydrogen-bond acceptors (Lipinski definition) is 7. The average molecular weight is 430 g/mol. The van der Waals surface area contributed by atoms with Crippen LogP contribution in [0.25, 0.3) is 11.4 Å². The third kappa shape index (κ3) is 5.02. The predicted octanol–water partition coefficient (Wildman–Crippen LogP) is 1.99. The second-order valence-electron chi connectivity index (χ2n) is 6.59. The summed E-state index contributed by atoms with van der Waals surface area (Å²) in [7, 11) is -0.984. The molecule has 0 unspecified atom stereocenters. The first-order chi connectivity index (χ1) is 14.3. The highest BCUT2D eigenvalue weighted by molar-refractivity contribution is 7.89. The number of carbonyl (C=O) groups is 1. The molecule has 1 amide bonds. The van der Waals surface area contributed by atoms with Crippen LogP contribution in [-0.2, 0) is 21.4 Å². The highest BCUT2D eigenvalue weighted by Gasteiger charge is 2.23. The van der Waals surface area contributed by atoms with Gasteiger partial charge in [-0.1, -0.05) is 28.9 Å². The van der Waals surface area contributed by atoms with Crippen LogP contribution in [0.15, 0.2) is 57.9 Å². The van der Waals surface area contributed by atoms with Crippen LogP contribution in [0.3, 0.4) is 0 Å². The Morgan fingerprint density at radius 2 is 1.93 bits per heavy atom. The van der Waals surface area contributed by atoms with Crippen LogP contribution in [-0.4, -0.2) is 49.5 Å². The van der Waals surface area contributed by atoms with Crippen LogP contribution >= 0.6 is 0 Å². The van der Waals surface area contributed by atoms with Gasteiger partial charge in [-0.05, 0) is 37.3 Å². The van der Waals surface area contributed by atoms with Gasteiger partial charge in [0.2, 0.25) is 27.6 Å². The van der Waals surface area contributed by atoms with Crippen molar-refractivity contribution in [3.8, 4) is 17.1 Å². The van der Waals surface area contributed by atoms with Gasteiger partial charge in [0.25, 0.3) is 0 Å². The number of methoxy groups -OCH3 is 1. The Balaban J connectivity index is 1.57. The lowest BCUT2D eigenvalue weighted by Gasteiger charge is -2.16. The van der Waals surface area contributed by atoms with Crippen molar-refractivity contribution in [3.63, 3.8) is 0 Å². The Hall–Kier alpha value is -3.24. The van der Waals surface area contributed by atoms with Crippen LogP contribution in [0.1, 0.15) is 11.5 Å². The molecule has 9 nitrogen and oxygen atoms in total. The Labute approximate surface area is 174 Å². The maximum absolute atomic E-state index is 12.6. The first-order valence-electron chi connectivity index (χ1n) is 9.06. The fourth-order valence-electron chi connectivity index (χ4n) is 2.67. The average Bonchev–Trinajstić information content (AvgIpc) is 3.21. The standard InChI is InChI=1S/C20H22N4O5S/c1-14-5-4-6-15(11-14)20-22-19(29-23-20)12-21-18(25)13-24(2)30(26,27)17-9-7-16(28-3)8-10-17/h4-11H,12-13H2,1-3H3,(H,21,25). The van der Waals surface area contributed by atoms with E-state index in [0.717, 1.165) is 15.4 Å². The predicted molar refractivity (Wildman–Crippen MR) is 109 cm³/mol. The van der Waals surface area contributed by atoms with E-state index in [2.05, 4.69) is 15.5 Å². The van der Waals surface area contributed by atoms with E-state index in [-0.39, 0.29) is 23.9 Å². The minimum Gasteiger partial charge on any atom is -0.497 e. The van der Waals surface area contributed by atoms with Gasteiger partial charge in [0.1, 0.15) is 5.75 Å². The Kier molecular flexibility index (Phi) is 6.48. The van der Waals surface area contributed by atoms with E-state index >= 15 is 0 Å². The molecule has 0 aliphatic rings. The summed E-state index contributed by atoms with van der Waals surface area (Å²) in [6.07, 6.45) is 0. The molecule has 30 heavy (non-hydrogen) atoms. The van der Waals surface area contributed by atoms with Gasteiger partial charge in [-0.3, -0.25) is 4.79 Å². The third-order valence-electron chi connectivity index (χ3n) is 4.32. The molecule has 0 saturated heterocycles. The SMILES string of the molecule is COc1ccc(S(=O)(=O)N(C)CC(=O)NCc2nc(-c3cccc(C)c3)no2)cc1. The highest BCUT2D eigenvalue weighted by Crippen LogP contribution is 2.19. The molecule has 0 aliphatic carbocycles. The van der Waals surface area contributed by atoms with Gasteiger partial charge in [0.05, 0.1) is 25.1 Å². The maximum atomic E-state index is 12.6. The molecule has 2 aromatic carbocycles. The molecule has 3 rings (SSSR count). The third-order valence-corrected chi connectivity index (χ3v) is 6.13. The molecular weight excluding hydrogens is 408 g/mol. The van der Waals surface area contributed by atoms with Crippen LogP contribution in [0.4, 0.5) is 0 Å². The summed E-state index contributed by atoms with van der Waals surface area (Å²) < 4.78 is 36.3. The number of likely N-dealkylation sites (N-methyl/N-ethyl adjacent to an activating group) is 1. The smallest absolute Gasteiger partial charge is 0.246 e. The zero-order valence-corrected chi connectivity index (χ0v) is 17.6. The number of aromatic nitrogens is 2. The van der Waals surface area contributed by atoms with Gasteiger partial charge in [0.15, 0.2) is 0 Å². The summed E-state index contributed by atoms with van der Waals surface area (Å²) in [5.74, 6) is 0.687. The molecule has 158 valence electrons. The van der Waals surface area contributed by atoms with Crippen molar-refractivity contribution in [2.75, 3.05) is 20.7 Å². The molecule has 1 N–H and O–H groups in total. The first kappa shape index (κ1) is 21.5. The molecule has 1 aromatic heterocycles. The van der Waals surface area contributed by atoms with Crippen molar-refractivity contribution in [1.29, 1.82) is 0 Å². The number of nitrogens with one attached hydrogen (secondary N) is 1. The number of benzene rings is 2. The molecule has 0 aliphatic heterocycles. The van der Waals surface area contributed by atoms with E-state index in [1.165, 1.54) is 26.3 Å². The summed E-state index contributed by atoms with van der Waals surface area (Å²) in [6, 6.07) is 13.6. The number of aryl methyl sites for hydroxylation is 1. The second-order valence-corrected chi connectivity index (χ2v) is 8.64. The second kappa shape index (κ2) is 9.06. The molecule has 0 bridgehead atoms. The summed E-state index contributed by atoms with van der Waals surface area (Å²) >= 11 is 0. The van der Waals surface area contributed by atoms with Crippen LogP contribution in [0.2, 0.25) is 0 Å². The van der Waals surface area contributed by atoms with E-state index in [0.29, 0.717) is 11.6 Å². The zero-order chi connectivity index (χ0) is 21.7. The molecule has 0 saturated carbocycles. The lowest BCUT2D eigenvalue weighted by Crippen LogP contribution is -2.38. The van der Waals surface area contributed by atoms with Crippen molar-refractivity contribution in [2.45, 2.75) is 18.4 Å². The van der Waals surface area contributed by atoms with E-state index in [1.54, 1.807) is 12.1 Å². The lowest BCUT2D eigenvalue weighted by atomic mass is 10.1. The van der Waals surface area contributed by atoms with Gasteiger partial charge >= 0.3 is 0 Å². The van der Waals surface area contributed by atoms with E-state index in [1.807, 2.05) is 31.2 Å². The number of rotatable bonds is 8. The number of nitrogens with zero attached hydrogens (tertiary/aromatic N) is 3. The van der Waals surface area contributed by atoms with Crippen LogP contribution in [0.5, 0.6) is 5.75 Å². The minimum absolute atomic E-state index is 0.00588. The van der Waals surface area contributed by atoms with E-state index in [9.17, 15) is 13.2 Å². The molecule has 10 heteroatoms. The van der Waals surface area contributed by atoms with Crippen molar-refractivity contribution < 1.29 is 22.5 Å². The fraction of sp³-hybridized carbons (Fsp3) is 0.250. The molecule has 0 fully saturated rings. The largest absolute Gasteiger partial charge is 0.497 e. The zero-order valence-electron chi connectivity index (χ0n) is 16.8. The molecule has 0 spiro atoms. The Morgan fingerprint density at radius 1 is 1.20 bits per heavy atom. The van der Waals surface area contributed by atoms with Gasteiger partial charge < -0.3 is 14.6 Å². The maximum Gasteiger partial charge on any atom is 0.246 e. The fourth-order valence-corrected chi connectivity index (χ4v) is 3.80. The van der Waals surface area contributed by atoms with Crippen molar-refractivity contribution >= 4 is 15.9 Å². The summed E-state index contributed by atoms with van der Waals surface area (Å²) in [4.78, 5) is 16.5. The topological polar surface area (TPSA) is 115 Å². The Bertz CT molecular complexity index is 1130. The number of ether oxygens (including phenoxy) is 1. The van der Waals surface area contributed by atoms with Crippen molar-refractivity contribution in [1.82, 2.24) is 19.8 Å². The molecular formula is C20H22N4O5S. The van der Waals surface area contributed by atoms with Crippen LogP contribution < -0.4 is 10.1 Å². The van der Waals surface area contributed by atoms with Gasteiger partial charge in [-0.15, -0.1) is 0 Å². The monoisotopic (exact) mass is 430 g/mol. The normalized spacial score (nSPS) is 11.5. The van der Waals surface area contributed by atoms with Crippen LogP contribution in [0, 0.1) is 6.92 Å². The van der Waals surface area contributed by atoms with E-state index < -0.39 is 15.9 Å². The lowest BCUT2D eigenvalue weighted by molar-refractivity contribution is -0.121. The minimum atomic E-state index is -3.81. The summed E-state index contributed by atoms with van der Waals surface area (Å²) in [5.41, 5.74) is 1.87. The van der Waals surface area contributed by atoms with Crippen molar-refractivity contribution in [3.05, 3.63) is 60.0 Å². The van der Waals surface area contributed by atoms with E-state index in [4.69, 9.17) is 9.26 Å². The Morgan fingerprint density at radius 3 is 2.60 bits per heavy atom. The van der Waals surface area contributed by atoms with Gasteiger partial charge in [-0.25, -0.2) is 8.42 Å².